The monoisotopic (exact) mass is 366 g/mol. The average Bonchev–Trinajstić information content (AvgIpc) is 2.52. The van der Waals surface area contributed by atoms with Crippen LogP contribution >= 0.6 is 0 Å². The van der Waals surface area contributed by atoms with Crippen molar-refractivity contribution in [1.29, 1.82) is 0 Å². The van der Waals surface area contributed by atoms with Crippen molar-refractivity contribution in [2.45, 2.75) is 31.0 Å². The van der Waals surface area contributed by atoms with Gasteiger partial charge < -0.3 is 10.1 Å². The summed E-state index contributed by atoms with van der Waals surface area (Å²) >= 11 is 0. The summed E-state index contributed by atoms with van der Waals surface area (Å²) in [5, 5.41) is 3.24. The molecule has 0 radical (unpaired) electrons. The van der Waals surface area contributed by atoms with E-state index < -0.39 is 22.1 Å². The highest BCUT2D eigenvalue weighted by atomic mass is 32.2. The largest absolute Gasteiger partial charge is 0.573 e. The molecule has 1 saturated heterocycles. The number of hydrogen-bond acceptors (Lipinski definition) is 4. The molecule has 0 bridgehead atoms. The predicted octanol–water partition coefficient (Wildman–Crippen LogP) is 2.60. The first kappa shape index (κ1) is 19.0. The minimum atomic E-state index is -4.85. The summed E-state index contributed by atoms with van der Waals surface area (Å²) in [6.07, 6.45) is -3.40. The van der Waals surface area contributed by atoms with Crippen LogP contribution in [-0.4, -0.2) is 45.3 Å². The van der Waals surface area contributed by atoms with Crippen LogP contribution in [0.3, 0.4) is 0 Å². The Kier molecular flexibility index (Phi) is 6.11. The summed E-state index contributed by atoms with van der Waals surface area (Å²) < 4.78 is 67.2. The number of sulfonamides is 1. The van der Waals surface area contributed by atoms with Crippen molar-refractivity contribution in [3.05, 3.63) is 24.3 Å². The van der Waals surface area contributed by atoms with Gasteiger partial charge in [-0.25, -0.2) is 8.42 Å². The van der Waals surface area contributed by atoms with Crippen LogP contribution in [0.5, 0.6) is 5.75 Å². The molecule has 0 atom stereocenters. The van der Waals surface area contributed by atoms with Crippen LogP contribution in [0.4, 0.5) is 13.2 Å². The summed E-state index contributed by atoms with van der Waals surface area (Å²) in [5.41, 5.74) is 0. The highest BCUT2D eigenvalue weighted by Crippen LogP contribution is 2.28. The van der Waals surface area contributed by atoms with E-state index in [0.717, 1.165) is 38.1 Å². The van der Waals surface area contributed by atoms with E-state index in [1.165, 1.54) is 16.4 Å². The lowest BCUT2D eigenvalue weighted by atomic mass is 9.98. The number of benzene rings is 1. The highest BCUT2D eigenvalue weighted by Gasteiger charge is 2.33. The number of alkyl halides is 3. The molecule has 1 aliphatic heterocycles. The number of rotatable bonds is 6. The van der Waals surface area contributed by atoms with Gasteiger partial charge in [-0.15, -0.1) is 13.2 Å². The van der Waals surface area contributed by atoms with Gasteiger partial charge in [0.2, 0.25) is 10.0 Å². The Morgan fingerprint density at radius 1 is 1.29 bits per heavy atom. The normalized spacial score (nSPS) is 17.8. The maximum Gasteiger partial charge on any atom is 0.573 e. The zero-order valence-corrected chi connectivity index (χ0v) is 14.2. The van der Waals surface area contributed by atoms with Gasteiger partial charge in [-0.1, -0.05) is 13.0 Å². The van der Waals surface area contributed by atoms with E-state index >= 15 is 0 Å². The van der Waals surface area contributed by atoms with Crippen LogP contribution in [0.1, 0.15) is 19.8 Å². The van der Waals surface area contributed by atoms with Crippen molar-refractivity contribution in [2.75, 3.05) is 26.2 Å². The van der Waals surface area contributed by atoms with E-state index in [0.29, 0.717) is 19.0 Å². The van der Waals surface area contributed by atoms with Gasteiger partial charge in [-0.3, -0.25) is 0 Å². The fourth-order valence-electron chi connectivity index (χ4n) is 2.68. The van der Waals surface area contributed by atoms with Crippen molar-refractivity contribution in [2.24, 2.45) is 5.92 Å². The zero-order chi connectivity index (χ0) is 17.8. The van der Waals surface area contributed by atoms with Crippen molar-refractivity contribution in [1.82, 2.24) is 9.62 Å². The zero-order valence-electron chi connectivity index (χ0n) is 13.3. The van der Waals surface area contributed by atoms with E-state index in [2.05, 4.69) is 10.1 Å². The molecule has 1 aliphatic rings. The molecule has 1 N–H and O–H groups in total. The molecular formula is C15H21F3N2O3S. The van der Waals surface area contributed by atoms with Crippen LogP contribution in [-0.2, 0) is 10.0 Å². The van der Waals surface area contributed by atoms with Gasteiger partial charge in [0.05, 0.1) is 4.90 Å². The first-order chi connectivity index (χ1) is 11.2. The Morgan fingerprint density at radius 2 is 1.96 bits per heavy atom. The van der Waals surface area contributed by atoms with Gasteiger partial charge in [0, 0.05) is 19.2 Å². The van der Waals surface area contributed by atoms with Crippen molar-refractivity contribution in [3.63, 3.8) is 0 Å². The lowest BCUT2D eigenvalue weighted by Crippen LogP contribution is -2.40. The lowest BCUT2D eigenvalue weighted by Gasteiger charge is -2.31. The molecule has 0 aliphatic carbocycles. The molecule has 9 heteroatoms. The van der Waals surface area contributed by atoms with Gasteiger partial charge in [0.15, 0.2) is 0 Å². The summed E-state index contributed by atoms with van der Waals surface area (Å²) in [5.74, 6) is -0.123. The van der Waals surface area contributed by atoms with Gasteiger partial charge in [-0.2, -0.15) is 4.31 Å². The van der Waals surface area contributed by atoms with E-state index in [9.17, 15) is 21.6 Å². The molecular weight excluding hydrogens is 345 g/mol. The quantitative estimate of drug-likeness (QED) is 0.841. The van der Waals surface area contributed by atoms with Gasteiger partial charge in [0.1, 0.15) is 5.75 Å². The Labute approximate surface area is 139 Å². The second-order valence-corrected chi connectivity index (χ2v) is 7.62. The second kappa shape index (κ2) is 7.71. The van der Waals surface area contributed by atoms with E-state index in [-0.39, 0.29) is 4.90 Å². The number of piperidine rings is 1. The minimum Gasteiger partial charge on any atom is -0.406 e. The smallest absolute Gasteiger partial charge is 0.406 e. The fraction of sp³-hybridized carbons (Fsp3) is 0.600. The van der Waals surface area contributed by atoms with Crippen LogP contribution in [0.2, 0.25) is 0 Å². The molecule has 0 amide bonds. The lowest BCUT2D eigenvalue weighted by molar-refractivity contribution is -0.274. The highest BCUT2D eigenvalue weighted by molar-refractivity contribution is 7.89. The number of hydrogen-bond donors (Lipinski definition) is 1. The van der Waals surface area contributed by atoms with Crippen molar-refractivity contribution < 1.29 is 26.3 Å². The molecule has 2 rings (SSSR count). The van der Waals surface area contributed by atoms with Crippen LogP contribution in [0, 0.1) is 5.92 Å². The summed E-state index contributed by atoms with van der Waals surface area (Å²) in [7, 11) is -3.82. The topological polar surface area (TPSA) is 58.6 Å². The summed E-state index contributed by atoms with van der Waals surface area (Å²) in [6, 6.07) is 4.51. The molecule has 1 aromatic carbocycles. The molecule has 0 unspecified atom stereocenters. The van der Waals surface area contributed by atoms with Crippen molar-refractivity contribution in [3.8, 4) is 5.75 Å². The van der Waals surface area contributed by atoms with Gasteiger partial charge in [0.25, 0.3) is 0 Å². The predicted molar refractivity (Wildman–Crippen MR) is 83.2 cm³/mol. The van der Waals surface area contributed by atoms with E-state index in [1.54, 1.807) is 0 Å². The standard InChI is InChI=1S/C15H21F3N2O3S/c1-2-19-11-12-6-8-20(9-7-12)24(21,22)14-5-3-4-13(10-14)23-15(16,17)18/h3-5,10,12,19H,2,6-9,11H2,1H3. The number of halogens is 3. The van der Waals surface area contributed by atoms with Crippen LogP contribution in [0.15, 0.2) is 29.2 Å². The van der Waals surface area contributed by atoms with Crippen molar-refractivity contribution >= 4 is 10.0 Å². The molecule has 1 fully saturated rings. The SMILES string of the molecule is CCNCC1CCN(S(=O)(=O)c2cccc(OC(F)(F)F)c2)CC1. The Morgan fingerprint density at radius 3 is 2.54 bits per heavy atom. The molecule has 0 aromatic heterocycles. The Bertz CT molecular complexity index is 642. The first-order valence-corrected chi connectivity index (χ1v) is 9.23. The maximum atomic E-state index is 12.6. The maximum absolute atomic E-state index is 12.6. The number of nitrogens with one attached hydrogen (secondary N) is 1. The molecule has 24 heavy (non-hydrogen) atoms. The summed E-state index contributed by atoms with van der Waals surface area (Å²) in [4.78, 5) is -0.186. The van der Waals surface area contributed by atoms with Crippen LogP contribution in [0.25, 0.3) is 0 Å². The molecule has 136 valence electrons. The minimum absolute atomic E-state index is 0.186. The number of nitrogens with zero attached hydrogens (tertiary/aromatic N) is 1. The first-order valence-electron chi connectivity index (χ1n) is 7.79. The molecule has 1 aromatic rings. The summed E-state index contributed by atoms with van der Waals surface area (Å²) in [6.45, 7) is 4.45. The van der Waals surface area contributed by atoms with Gasteiger partial charge in [-0.05, 0) is 44.0 Å². The molecule has 5 nitrogen and oxygen atoms in total. The molecule has 0 saturated carbocycles. The van der Waals surface area contributed by atoms with Crippen LogP contribution < -0.4 is 10.1 Å². The third kappa shape index (κ3) is 5.09. The number of ether oxygens (including phenoxy) is 1. The fourth-order valence-corrected chi connectivity index (χ4v) is 4.19. The average molecular weight is 366 g/mol. The Hall–Kier alpha value is -1.32. The van der Waals surface area contributed by atoms with Gasteiger partial charge >= 0.3 is 6.36 Å². The second-order valence-electron chi connectivity index (χ2n) is 5.68. The van der Waals surface area contributed by atoms with E-state index in [1.807, 2.05) is 6.92 Å². The Balaban J connectivity index is 2.07. The third-order valence-corrected chi connectivity index (χ3v) is 5.83. The van der Waals surface area contributed by atoms with E-state index in [4.69, 9.17) is 0 Å². The third-order valence-electron chi connectivity index (χ3n) is 3.93. The molecule has 0 spiro atoms. The molecule has 1 heterocycles.